The van der Waals surface area contributed by atoms with E-state index in [9.17, 15) is 9.18 Å². The van der Waals surface area contributed by atoms with Crippen LogP contribution in [-0.4, -0.2) is 43.0 Å². The first-order valence-electron chi connectivity index (χ1n) is 9.68. The predicted octanol–water partition coefficient (Wildman–Crippen LogP) is 3.68. The average Bonchev–Trinajstić information content (AvgIpc) is 2.69. The lowest BCUT2D eigenvalue weighted by Crippen LogP contribution is -2.45. The lowest BCUT2D eigenvalue weighted by Gasteiger charge is -2.36. The molecule has 2 aromatic rings. The molecule has 1 amide bonds. The van der Waals surface area contributed by atoms with E-state index in [0.29, 0.717) is 5.56 Å². The smallest absolute Gasteiger partial charge is 0.251 e. The predicted molar refractivity (Wildman–Crippen MR) is 108 cm³/mol. The summed E-state index contributed by atoms with van der Waals surface area (Å²) in [7, 11) is 0. The molecule has 0 radical (unpaired) electrons. The van der Waals surface area contributed by atoms with Crippen LogP contribution in [0.3, 0.4) is 0 Å². The Balaban J connectivity index is 1.50. The van der Waals surface area contributed by atoms with Gasteiger partial charge in [-0.2, -0.15) is 0 Å². The van der Waals surface area contributed by atoms with Crippen molar-refractivity contribution in [1.29, 1.82) is 0 Å². The van der Waals surface area contributed by atoms with Gasteiger partial charge in [-0.3, -0.25) is 9.69 Å². The van der Waals surface area contributed by atoms with Crippen molar-refractivity contribution in [3.05, 3.63) is 65.5 Å². The summed E-state index contributed by atoms with van der Waals surface area (Å²) in [6, 6.07) is 14.8. The molecule has 144 valence electrons. The maximum Gasteiger partial charge on any atom is 0.251 e. The Hall–Kier alpha value is -2.40. The molecule has 0 bridgehead atoms. The highest BCUT2D eigenvalue weighted by Gasteiger charge is 2.17. The lowest BCUT2D eigenvalue weighted by atomic mass is 10.1. The third kappa shape index (κ3) is 5.30. The summed E-state index contributed by atoms with van der Waals surface area (Å²) >= 11 is 0. The maximum atomic E-state index is 13.1. The average molecular weight is 369 g/mol. The van der Waals surface area contributed by atoms with Gasteiger partial charge in [0.05, 0.1) is 0 Å². The second-order valence-electron chi connectivity index (χ2n) is 7.22. The summed E-state index contributed by atoms with van der Waals surface area (Å²) < 4.78 is 13.1. The molecule has 1 aliphatic rings. The van der Waals surface area contributed by atoms with E-state index in [-0.39, 0.29) is 17.8 Å². The summed E-state index contributed by atoms with van der Waals surface area (Å²) in [5.41, 5.74) is 3.00. The molecule has 1 N–H and O–H groups in total. The molecule has 0 aliphatic carbocycles. The molecule has 4 nitrogen and oxygen atoms in total. The molecule has 0 saturated carbocycles. The van der Waals surface area contributed by atoms with Crippen molar-refractivity contribution >= 4 is 11.6 Å². The van der Waals surface area contributed by atoms with Crippen LogP contribution >= 0.6 is 0 Å². The van der Waals surface area contributed by atoms with Gasteiger partial charge in [0.1, 0.15) is 5.82 Å². The second kappa shape index (κ2) is 9.00. The maximum absolute atomic E-state index is 13.1. The van der Waals surface area contributed by atoms with E-state index < -0.39 is 0 Å². The van der Waals surface area contributed by atoms with Crippen molar-refractivity contribution < 1.29 is 9.18 Å². The number of carbonyl (C=O) groups is 1. The molecule has 1 fully saturated rings. The number of benzene rings is 2. The summed E-state index contributed by atoms with van der Waals surface area (Å²) in [6.45, 7) is 8.75. The van der Waals surface area contributed by atoms with E-state index in [1.807, 2.05) is 43.3 Å². The van der Waals surface area contributed by atoms with E-state index in [2.05, 4.69) is 22.0 Å². The van der Waals surface area contributed by atoms with Crippen LogP contribution in [0.1, 0.15) is 36.2 Å². The first-order valence-corrected chi connectivity index (χ1v) is 9.68. The number of halogens is 1. The number of hydrogen-bond donors (Lipinski definition) is 1. The fourth-order valence-corrected chi connectivity index (χ4v) is 3.25. The summed E-state index contributed by atoms with van der Waals surface area (Å²) in [6.07, 6.45) is 0.924. The monoisotopic (exact) mass is 369 g/mol. The normalized spacial score (nSPS) is 16.2. The Bertz CT molecular complexity index is 737. The Morgan fingerprint density at radius 1 is 1.04 bits per heavy atom. The highest BCUT2D eigenvalue weighted by Crippen LogP contribution is 2.18. The SMILES string of the molecule is CCC(C)NC(=O)c1ccc(CN2CCN(c3ccc(F)cc3)CC2)cc1. The van der Waals surface area contributed by atoms with Gasteiger partial charge in [-0.15, -0.1) is 0 Å². The van der Waals surface area contributed by atoms with Crippen molar-refractivity contribution in [2.45, 2.75) is 32.9 Å². The van der Waals surface area contributed by atoms with Crippen LogP contribution < -0.4 is 10.2 Å². The van der Waals surface area contributed by atoms with Gasteiger partial charge in [-0.1, -0.05) is 19.1 Å². The van der Waals surface area contributed by atoms with Gasteiger partial charge >= 0.3 is 0 Å². The van der Waals surface area contributed by atoms with Gasteiger partial charge in [0.25, 0.3) is 5.91 Å². The van der Waals surface area contributed by atoms with Crippen molar-refractivity contribution in [3.63, 3.8) is 0 Å². The minimum Gasteiger partial charge on any atom is -0.369 e. The van der Waals surface area contributed by atoms with Gasteiger partial charge in [-0.05, 0) is 55.3 Å². The molecule has 1 saturated heterocycles. The molecule has 1 atom stereocenters. The van der Waals surface area contributed by atoms with Gasteiger partial charge in [0, 0.05) is 50.0 Å². The van der Waals surface area contributed by atoms with Crippen molar-refractivity contribution in [1.82, 2.24) is 10.2 Å². The molecule has 1 unspecified atom stereocenters. The molecule has 0 spiro atoms. The fourth-order valence-electron chi connectivity index (χ4n) is 3.25. The Morgan fingerprint density at radius 2 is 1.67 bits per heavy atom. The summed E-state index contributed by atoms with van der Waals surface area (Å²) in [4.78, 5) is 16.9. The van der Waals surface area contributed by atoms with Crippen LogP contribution in [0, 0.1) is 5.82 Å². The zero-order valence-electron chi connectivity index (χ0n) is 16.1. The highest BCUT2D eigenvalue weighted by atomic mass is 19.1. The van der Waals surface area contributed by atoms with E-state index >= 15 is 0 Å². The number of anilines is 1. The van der Waals surface area contributed by atoms with Crippen LogP contribution in [0.5, 0.6) is 0 Å². The van der Waals surface area contributed by atoms with E-state index in [0.717, 1.165) is 44.8 Å². The fraction of sp³-hybridized carbons (Fsp3) is 0.409. The minimum absolute atomic E-state index is 0.0104. The molecular weight excluding hydrogens is 341 g/mol. The zero-order chi connectivity index (χ0) is 19.2. The Labute approximate surface area is 161 Å². The number of amides is 1. The second-order valence-corrected chi connectivity index (χ2v) is 7.22. The third-order valence-electron chi connectivity index (χ3n) is 5.18. The van der Waals surface area contributed by atoms with E-state index in [1.165, 1.54) is 17.7 Å². The number of hydrogen-bond acceptors (Lipinski definition) is 3. The zero-order valence-corrected chi connectivity index (χ0v) is 16.1. The molecule has 5 heteroatoms. The van der Waals surface area contributed by atoms with Crippen molar-refractivity contribution in [2.24, 2.45) is 0 Å². The van der Waals surface area contributed by atoms with Crippen LogP contribution in [0.2, 0.25) is 0 Å². The number of nitrogens with zero attached hydrogens (tertiary/aromatic N) is 2. The summed E-state index contributed by atoms with van der Waals surface area (Å²) in [5.74, 6) is -0.206. The third-order valence-corrected chi connectivity index (χ3v) is 5.18. The first kappa shape index (κ1) is 19.4. The Morgan fingerprint density at radius 3 is 2.26 bits per heavy atom. The molecular formula is C22H28FN3O. The van der Waals surface area contributed by atoms with Gasteiger partial charge in [0.2, 0.25) is 0 Å². The van der Waals surface area contributed by atoms with Crippen molar-refractivity contribution in [3.8, 4) is 0 Å². The molecule has 2 aromatic carbocycles. The molecule has 0 aromatic heterocycles. The van der Waals surface area contributed by atoms with Gasteiger partial charge < -0.3 is 10.2 Å². The molecule has 27 heavy (non-hydrogen) atoms. The topological polar surface area (TPSA) is 35.6 Å². The number of carbonyl (C=O) groups excluding carboxylic acids is 1. The van der Waals surface area contributed by atoms with E-state index in [1.54, 1.807) is 0 Å². The Kier molecular flexibility index (Phi) is 6.45. The number of piperazine rings is 1. The van der Waals surface area contributed by atoms with Crippen LogP contribution in [0.25, 0.3) is 0 Å². The largest absolute Gasteiger partial charge is 0.369 e. The van der Waals surface area contributed by atoms with Crippen LogP contribution in [0.4, 0.5) is 10.1 Å². The van der Waals surface area contributed by atoms with Crippen molar-refractivity contribution in [2.75, 3.05) is 31.1 Å². The molecule has 1 aliphatic heterocycles. The molecule has 1 heterocycles. The standard InChI is InChI=1S/C22H28FN3O/c1-3-17(2)24-22(27)19-6-4-18(5-7-19)16-25-12-14-26(15-13-25)21-10-8-20(23)9-11-21/h4-11,17H,3,12-16H2,1-2H3,(H,24,27). The van der Waals surface area contributed by atoms with E-state index in [4.69, 9.17) is 0 Å². The minimum atomic E-state index is -0.196. The van der Waals surface area contributed by atoms with Gasteiger partial charge in [0.15, 0.2) is 0 Å². The first-order chi connectivity index (χ1) is 13.0. The number of rotatable bonds is 6. The van der Waals surface area contributed by atoms with Crippen LogP contribution in [0.15, 0.2) is 48.5 Å². The lowest BCUT2D eigenvalue weighted by molar-refractivity contribution is 0.0939. The highest BCUT2D eigenvalue weighted by molar-refractivity contribution is 5.94. The van der Waals surface area contributed by atoms with Gasteiger partial charge in [-0.25, -0.2) is 4.39 Å². The molecule has 3 rings (SSSR count). The number of nitrogens with one attached hydrogen (secondary N) is 1. The summed E-state index contributed by atoms with van der Waals surface area (Å²) in [5, 5.41) is 2.99. The van der Waals surface area contributed by atoms with Crippen LogP contribution in [-0.2, 0) is 6.54 Å². The quantitative estimate of drug-likeness (QED) is 0.844.